The van der Waals surface area contributed by atoms with Gasteiger partial charge in [-0.2, -0.15) is 11.3 Å². The highest BCUT2D eigenvalue weighted by Gasteiger charge is 2.30. The maximum absolute atomic E-state index is 5.85. The van der Waals surface area contributed by atoms with Crippen LogP contribution in [-0.4, -0.2) is 11.0 Å². The molecular formula is C15H16N2S2. The SMILES string of the molecule is NC(=S)c1ccccc1N(Cc1ccsc1)C1CC1. The fourth-order valence-corrected chi connectivity index (χ4v) is 3.14. The van der Waals surface area contributed by atoms with Crippen LogP contribution in [0.2, 0.25) is 0 Å². The molecule has 1 heterocycles. The van der Waals surface area contributed by atoms with Crippen LogP contribution in [0.5, 0.6) is 0 Å². The largest absolute Gasteiger partial charge is 0.389 e. The van der Waals surface area contributed by atoms with Crippen molar-refractivity contribution in [1.82, 2.24) is 0 Å². The number of nitrogens with two attached hydrogens (primary N) is 1. The van der Waals surface area contributed by atoms with Crippen LogP contribution < -0.4 is 10.6 Å². The molecule has 0 aliphatic heterocycles. The summed E-state index contributed by atoms with van der Waals surface area (Å²) < 4.78 is 0. The summed E-state index contributed by atoms with van der Waals surface area (Å²) in [5.41, 5.74) is 9.37. The number of benzene rings is 1. The second-order valence-electron chi connectivity index (χ2n) is 4.87. The lowest BCUT2D eigenvalue weighted by molar-refractivity contribution is 0.796. The predicted octanol–water partition coefficient (Wildman–Crippen LogP) is 3.55. The summed E-state index contributed by atoms with van der Waals surface area (Å²) in [5, 5.41) is 4.33. The normalized spacial score (nSPS) is 14.3. The van der Waals surface area contributed by atoms with Crippen molar-refractivity contribution in [3.05, 3.63) is 52.2 Å². The summed E-state index contributed by atoms with van der Waals surface area (Å²) in [6.45, 7) is 0.938. The average Bonchev–Trinajstić information content (AvgIpc) is 3.13. The van der Waals surface area contributed by atoms with Gasteiger partial charge in [-0.3, -0.25) is 0 Å². The minimum absolute atomic E-state index is 0.478. The number of hydrogen-bond donors (Lipinski definition) is 1. The molecular weight excluding hydrogens is 272 g/mol. The van der Waals surface area contributed by atoms with Crippen molar-refractivity contribution in [1.29, 1.82) is 0 Å². The molecule has 98 valence electrons. The molecule has 1 saturated carbocycles. The van der Waals surface area contributed by atoms with E-state index in [4.69, 9.17) is 18.0 Å². The zero-order valence-corrected chi connectivity index (χ0v) is 12.2. The molecule has 3 rings (SSSR count). The number of thiophene rings is 1. The Bertz CT molecular complexity index is 574. The smallest absolute Gasteiger partial charge is 0.106 e. The third kappa shape index (κ3) is 2.80. The van der Waals surface area contributed by atoms with Crippen molar-refractivity contribution in [3.63, 3.8) is 0 Å². The van der Waals surface area contributed by atoms with E-state index in [-0.39, 0.29) is 0 Å². The first-order valence-electron chi connectivity index (χ1n) is 6.42. The Morgan fingerprint density at radius 3 is 2.74 bits per heavy atom. The molecule has 2 N–H and O–H groups in total. The van der Waals surface area contributed by atoms with E-state index in [9.17, 15) is 0 Å². The Balaban J connectivity index is 1.94. The fraction of sp³-hybridized carbons (Fsp3) is 0.267. The molecule has 2 aromatic rings. The van der Waals surface area contributed by atoms with Crippen molar-refractivity contribution < 1.29 is 0 Å². The molecule has 2 nitrogen and oxygen atoms in total. The van der Waals surface area contributed by atoms with Gasteiger partial charge in [0, 0.05) is 23.8 Å². The van der Waals surface area contributed by atoms with E-state index in [1.807, 2.05) is 12.1 Å². The summed E-state index contributed by atoms with van der Waals surface area (Å²) in [6, 6.07) is 11.0. The Hall–Kier alpha value is -1.39. The van der Waals surface area contributed by atoms with Gasteiger partial charge in [0.2, 0.25) is 0 Å². The topological polar surface area (TPSA) is 29.3 Å². The van der Waals surface area contributed by atoms with Crippen molar-refractivity contribution in [2.45, 2.75) is 25.4 Å². The zero-order chi connectivity index (χ0) is 13.2. The van der Waals surface area contributed by atoms with Gasteiger partial charge in [-0.15, -0.1) is 0 Å². The Morgan fingerprint density at radius 1 is 1.32 bits per heavy atom. The molecule has 0 atom stereocenters. The van der Waals surface area contributed by atoms with E-state index in [0.717, 1.165) is 12.1 Å². The van der Waals surface area contributed by atoms with Gasteiger partial charge in [0.05, 0.1) is 0 Å². The lowest BCUT2D eigenvalue weighted by Crippen LogP contribution is -2.27. The van der Waals surface area contributed by atoms with Gasteiger partial charge in [0.25, 0.3) is 0 Å². The molecule has 1 aliphatic carbocycles. The maximum atomic E-state index is 5.85. The monoisotopic (exact) mass is 288 g/mol. The van der Waals surface area contributed by atoms with Crippen molar-refractivity contribution in [2.24, 2.45) is 5.73 Å². The fourth-order valence-electron chi connectivity index (χ4n) is 2.31. The van der Waals surface area contributed by atoms with Crippen LogP contribution in [0.15, 0.2) is 41.1 Å². The molecule has 1 aromatic heterocycles. The lowest BCUT2D eigenvalue weighted by atomic mass is 10.1. The van der Waals surface area contributed by atoms with Crippen LogP contribution in [0.4, 0.5) is 5.69 Å². The predicted molar refractivity (Wildman–Crippen MR) is 85.9 cm³/mol. The van der Waals surface area contributed by atoms with Gasteiger partial charge in [-0.05, 0) is 47.4 Å². The third-order valence-corrected chi connectivity index (χ3v) is 4.35. The van der Waals surface area contributed by atoms with E-state index in [1.54, 1.807) is 11.3 Å². The van der Waals surface area contributed by atoms with Crippen LogP contribution in [0.3, 0.4) is 0 Å². The number of anilines is 1. The Morgan fingerprint density at radius 2 is 2.11 bits per heavy atom. The molecule has 0 spiro atoms. The minimum Gasteiger partial charge on any atom is -0.389 e. The quantitative estimate of drug-likeness (QED) is 0.853. The number of para-hydroxylation sites is 1. The Labute approximate surface area is 122 Å². The molecule has 4 heteroatoms. The standard InChI is InChI=1S/C15H16N2S2/c16-15(18)13-3-1-2-4-14(13)17(12-5-6-12)9-11-7-8-19-10-11/h1-4,7-8,10,12H,5-6,9H2,(H2,16,18). The summed E-state index contributed by atoms with van der Waals surface area (Å²) in [4.78, 5) is 2.92. The first-order valence-corrected chi connectivity index (χ1v) is 7.77. The van der Waals surface area contributed by atoms with Gasteiger partial charge < -0.3 is 10.6 Å². The molecule has 0 unspecified atom stereocenters. The highest BCUT2D eigenvalue weighted by molar-refractivity contribution is 7.80. The van der Waals surface area contributed by atoms with Crippen LogP contribution in [0.1, 0.15) is 24.0 Å². The van der Waals surface area contributed by atoms with Crippen molar-refractivity contribution in [3.8, 4) is 0 Å². The molecule has 1 fully saturated rings. The average molecular weight is 288 g/mol. The van der Waals surface area contributed by atoms with Crippen LogP contribution in [0.25, 0.3) is 0 Å². The zero-order valence-electron chi connectivity index (χ0n) is 10.6. The summed E-state index contributed by atoms with van der Waals surface area (Å²) in [6.07, 6.45) is 2.52. The lowest BCUT2D eigenvalue weighted by Gasteiger charge is -2.26. The van der Waals surface area contributed by atoms with E-state index in [2.05, 4.69) is 33.9 Å². The van der Waals surface area contributed by atoms with Gasteiger partial charge in [0.1, 0.15) is 4.99 Å². The van der Waals surface area contributed by atoms with Gasteiger partial charge in [-0.25, -0.2) is 0 Å². The second kappa shape index (κ2) is 5.31. The van der Waals surface area contributed by atoms with Gasteiger partial charge in [-0.1, -0.05) is 24.4 Å². The van der Waals surface area contributed by atoms with E-state index in [1.165, 1.54) is 24.1 Å². The molecule has 0 saturated heterocycles. The molecule has 0 radical (unpaired) electrons. The van der Waals surface area contributed by atoms with Crippen LogP contribution in [-0.2, 0) is 6.54 Å². The molecule has 0 bridgehead atoms. The third-order valence-electron chi connectivity index (χ3n) is 3.40. The molecule has 1 aromatic carbocycles. The molecule has 0 amide bonds. The number of rotatable bonds is 5. The van der Waals surface area contributed by atoms with E-state index < -0.39 is 0 Å². The molecule has 1 aliphatic rings. The van der Waals surface area contributed by atoms with Gasteiger partial charge >= 0.3 is 0 Å². The number of thiocarbonyl (C=S) groups is 1. The van der Waals surface area contributed by atoms with Gasteiger partial charge in [0.15, 0.2) is 0 Å². The second-order valence-corrected chi connectivity index (χ2v) is 6.09. The van der Waals surface area contributed by atoms with Crippen LogP contribution in [0, 0.1) is 0 Å². The van der Waals surface area contributed by atoms with E-state index >= 15 is 0 Å². The molecule has 19 heavy (non-hydrogen) atoms. The number of hydrogen-bond acceptors (Lipinski definition) is 3. The summed E-state index contributed by atoms with van der Waals surface area (Å²) in [5.74, 6) is 0. The summed E-state index contributed by atoms with van der Waals surface area (Å²) in [7, 11) is 0. The maximum Gasteiger partial charge on any atom is 0.106 e. The van der Waals surface area contributed by atoms with E-state index in [0.29, 0.717) is 11.0 Å². The number of nitrogens with zero attached hydrogens (tertiary/aromatic N) is 1. The highest BCUT2D eigenvalue weighted by Crippen LogP contribution is 2.35. The van der Waals surface area contributed by atoms with Crippen LogP contribution >= 0.6 is 23.6 Å². The summed E-state index contributed by atoms with van der Waals surface area (Å²) >= 11 is 6.92. The highest BCUT2D eigenvalue weighted by atomic mass is 32.1. The van der Waals surface area contributed by atoms with Crippen molar-refractivity contribution in [2.75, 3.05) is 4.90 Å². The first-order chi connectivity index (χ1) is 9.25. The minimum atomic E-state index is 0.478. The Kier molecular flexibility index (Phi) is 3.53. The van der Waals surface area contributed by atoms with Crippen molar-refractivity contribution >= 4 is 34.2 Å². The first kappa shape index (κ1) is 12.6.